The van der Waals surface area contributed by atoms with Crippen LogP contribution in [0.2, 0.25) is 0 Å². The summed E-state index contributed by atoms with van der Waals surface area (Å²) in [5.74, 6) is 0.516. The predicted molar refractivity (Wildman–Crippen MR) is 154 cm³/mol. The first-order chi connectivity index (χ1) is 19.1. The lowest BCUT2D eigenvalue weighted by Gasteiger charge is -2.32. The maximum Gasteiger partial charge on any atom is 0.251 e. The number of amides is 1. The summed E-state index contributed by atoms with van der Waals surface area (Å²) >= 11 is 0. The highest BCUT2D eigenvalue weighted by Crippen LogP contribution is 2.24. The number of halogens is 1. The minimum atomic E-state index is -0.214. The smallest absolute Gasteiger partial charge is 0.251 e. The highest BCUT2D eigenvalue weighted by Gasteiger charge is 2.21. The van der Waals surface area contributed by atoms with Crippen molar-refractivity contribution in [3.05, 3.63) is 89.7 Å². The molecule has 0 aromatic heterocycles. The predicted octanol–water partition coefficient (Wildman–Crippen LogP) is 6.14. The van der Waals surface area contributed by atoms with Crippen LogP contribution in [-0.2, 0) is 6.54 Å². The van der Waals surface area contributed by atoms with Gasteiger partial charge in [0.05, 0.1) is 0 Å². The summed E-state index contributed by atoms with van der Waals surface area (Å²) in [5.41, 5.74) is 4.04. The number of nitrogens with zero attached hydrogens (tertiary/aromatic N) is 2. The van der Waals surface area contributed by atoms with Gasteiger partial charge in [-0.25, -0.2) is 4.39 Å². The summed E-state index contributed by atoms with van der Waals surface area (Å²) in [5, 5.41) is 3.08. The third-order valence-electron chi connectivity index (χ3n) is 7.86. The summed E-state index contributed by atoms with van der Waals surface area (Å²) in [7, 11) is 0. The van der Waals surface area contributed by atoms with Crippen LogP contribution < -0.4 is 10.1 Å². The molecule has 2 aliphatic heterocycles. The van der Waals surface area contributed by atoms with Crippen LogP contribution in [0.3, 0.4) is 0 Å². The molecule has 1 amide bonds. The van der Waals surface area contributed by atoms with E-state index in [0.717, 1.165) is 69.0 Å². The molecule has 0 aliphatic carbocycles. The van der Waals surface area contributed by atoms with Crippen LogP contribution in [0.1, 0.15) is 54.4 Å². The van der Waals surface area contributed by atoms with Crippen LogP contribution in [0.25, 0.3) is 11.1 Å². The fraction of sp³-hybridized carbons (Fsp3) is 0.424. The molecule has 0 radical (unpaired) electrons. The Labute approximate surface area is 232 Å². The summed E-state index contributed by atoms with van der Waals surface area (Å²) < 4.78 is 19.6. The molecule has 0 unspecified atom stereocenters. The fourth-order valence-corrected chi connectivity index (χ4v) is 5.63. The Bertz CT molecular complexity index is 1200. The first kappa shape index (κ1) is 27.4. The Morgan fingerprint density at radius 1 is 0.821 bits per heavy atom. The Morgan fingerprint density at radius 3 is 2.33 bits per heavy atom. The van der Waals surface area contributed by atoms with Gasteiger partial charge < -0.3 is 15.0 Å². The second kappa shape index (κ2) is 13.7. The number of carbonyl (C=O) groups excluding carboxylic acids is 1. The average molecular weight is 530 g/mol. The first-order valence-electron chi connectivity index (χ1n) is 14.5. The molecule has 0 bridgehead atoms. The molecule has 1 N–H and O–H groups in total. The van der Waals surface area contributed by atoms with E-state index in [4.69, 9.17) is 4.74 Å². The second-order valence-electron chi connectivity index (χ2n) is 10.8. The summed E-state index contributed by atoms with van der Waals surface area (Å²) in [6, 6.07) is 22.7. The van der Waals surface area contributed by atoms with Crippen molar-refractivity contribution in [2.75, 3.05) is 39.3 Å². The van der Waals surface area contributed by atoms with Gasteiger partial charge in [-0.05, 0) is 91.9 Å². The minimum Gasteiger partial charge on any atom is -0.490 e. The van der Waals surface area contributed by atoms with Crippen molar-refractivity contribution >= 4 is 5.91 Å². The van der Waals surface area contributed by atoms with E-state index in [0.29, 0.717) is 12.1 Å². The molecule has 5 rings (SSSR count). The van der Waals surface area contributed by atoms with E-state index in [1.165, 1.54) is 43.4 Å². The van der Waals surface area contributed by atoms with Gasteiger partial charge in [0.25, 0.3) is 5.91 Å². The molecule has 0 atom stereocenters. The average Bonchev–Trinajstić information content (AvgIpc) is 3.24. The molecular weight excluding hydrogens is 489 g/mol. The normalized spacial score (nSPS) is 17.5. The number of rotatable bonds is 9. The highest BCUT2D eigenvalue weighted by molar-refractivity contribution is 5.94. The van der Waals surface area contributed by atoms with Gasteiger partial charge in [-0.1, -0.05) is 49.2 Å². The fourth-order valence-electron chi connectivity index (χ4n) is 5.63. The highest BCUT2D eigenvalue weighted by atomic mass is 19.1. The van der Waals surface area contributed by atoms with E-state index in [-0.39, 0.29) is 17.8 Å². The van der Waals surface area contributed by atoms with Gasteiger partial charge >= 0.3 is 0 Å². The molecule has 39 heavy (non-hydrogen) atoms. The number of hydrogen-bond donors (Lipinski definition) is 1. The zero-order chi connectivity index (χ0) is 26.9. The van der Waals surface area contributed by atoms with Crippen LogP contribution >= 0.6 is 0 Å². The van der Waals surface area contributed by atoms with Crippen molar-refractivity contribution in [3.8, 4) is 16.9 Å². The molecule has 3 aromatic carbocycles. The number of carbonyl (C=O) groups is 1. The van der Waals surface area contributed by atoms with Gasteiger partial charge in [-0.3, -0.25) is 9.69 Å². The number of ether oxygens (including phenoxy) is 1. The monoisotopic (exact) mass is 529 g/mol. The van der Waals surface area contributed by atoms with Crippen molar-refractivity contribution in [1.29, 1.82) is 0 Å². The Morgan fingerprint density at radius 2 is 1.56 bits per heavy atom. The quantitative estimate of drug-likeness (QED) is 0.362. The van der Waals surface area contributed by atoms with Crippen molar-refractivity contribution in [3.63, 3.8) is 0 Å². The third-order valence-corrected chi connectivity index (χ3v) is 7.86. The van der Waals surface area contributed by atoms with Gasteiger partial charge in [0.15, 0.2) is 0 Å². The van der Waals surface area contributed by atoms with E-state index in [9.17, 15) is 9.18 Å². The molecule has 206 valence electrons. The molecule has 2 fully saturated rings. The van der Waals surface area contributed by atoms with Crippen molar-refractivity contribution < 1.29 is 13.9 Å². The second-order valence-corrected chi connectivity index (χ2v) is 10.8. The lowest BCUT2D eigenvalue weighted by molar-refractivity contribution is 0.0933. The van der Waals surface area contributed by atoms with Crippen LogP contribution in [0.15, 0.2) is 72.8 Å². The molecule has 6 heteroatoms. The standard InChI is InChI=1S/C33H40FN3O2/c34-30-13-11-27(12-14-30)28-8-5-7-26(23-28)25-37-20-15-31(16-21-37)39-32-10-6-9-29(24-32)33(38)35-17-22-36-18-3-1-2-4-19-36/h5-14,23-24,31H,1-4,15-22,25H2,(H,35,38). The van der Waals surface area contributed by atoms with Gasteiger partial charge in [0, 0.05) is 38.3 Å². The van der Waals surface area contributed by atoms with Crippen LogP contribution in [0.4, 0.5) is 4.39 Å². The number of likely N-dealkylation sites (tertiary alicyclic amines) is 2. The topological polar surface area (TPSA) is 44.8 Å². The molecule has 2 heterocycles. The first-order valence-corrected chi connectivity index (χ1v) is 14.5. The van der Waals surface area contributed by atoms with Crippen LogP contribution in [0.5, 0.6) is 5.75 Å². The lowest BCUT2D eigenvalue weighted by Crippen LogP contribution is -2.37. The molecule has 2 saturated heterocycles. The largest absolute Gasteiger partial charge is 0.490 e. The third kappa shape index (κ3) is 8.13. The van der Waals surface area contributed by atoms with Crippen LogP contribution in [0, 0.1) is 5.82 Å². The van der Waals surface area contributed by atoms with E-state index in [2.05, 4.69) is 39.4 Å². The molecule has 5 nitrogen and oxygen atoms in total. The van der Waals surface area contributed by atoms with Gasteiger partial charge in [0.2, 0.25) is 0 Å². The summed E-state index contributed by atoms with van der Waals surface area (Å²) in [4.78, 5) is 17.7. The lowest BCUT2D eigenvalue weighted by atomic mass is 10.0. The molecule has 0 spiro atoms. The van der Waals surface area contributed by atoms with Crippen molar-refractivity contribution in [2.45, 2.75) is 51.2 Å². The van der Waals surface area contributed by atoms with Gasteiger partial charge in [-0.15, -0.1) is 0 Å². The maximum absolute atomic E-state index is 13.3. The van der Waals surface area contributed by atoms with Crippen molar-refractivity contribution in [1.82, 2.24) is 15.1 Å². The summed E-state index contributed by atoms with van der Waals surface area (Å²) in [6.07, 6.45) is 7.21. The molecular formula is C33H40FN3O2. The Kier molecular flexibility index (Phi) is 9.62. The summed E-state index contributed by atoms with van der Waals surface area (Å²) in [6.45, 7) is 6.67. The van der Waals surface area contributed by atoms with E-state index in [1.54, 1.807) is 0 Å². The minimum absolute atomic E-state index is 0.0343. The number of hydrogen-bond acceptors (Lipinski definition) is 4. The van der Waals surface area contributed by atoms with Crippen LogP contribution in [-0.4, -0.2) is 61.1 Å². The van der Waals surface area contributed by atoms with E-state index in [1.807, 2.05) is 36.4 Å². The molecule has 0 saturated carbocycles. The maximum atomic E-state index is 13.3. The number of piperidine rings is 1. The van der Waals surface area contributed by atoms with Gasteiger partial charge in [-0.2, -0.15) is 0 Å². The van der Waals surface area contributed by atoms with Crippen molar-refractivity contribution in [2.24, 2.45) is 0 Å². The Balaban J connectivity index is 1.07. The van der Waals surface area contributed by atoms with E-state index >= 15 is 0 Å². The zero-order valence-electron chi connectivity index (χ0n) is 22.8. The Hall–Kier alpha value is -3.22. The molecule has 3 aromatic rings. The number of benzene rings is 3. The SMILES string of the molecule is O=C(NCCN1CCCCCC1)c1cccc(OC2CCN(Cc3cccc(-c4ccc(F)cc4)c3)CC2)c1. The van der Waals surface area contributed by atoms with Gasteiger partial charge in [0.1, 0.15) is 17.7 Å². The van der Waals surface area contributed by atoms with E-state index < -0.39 is 0 Å². The molecule has 2 aliphatic rings. The number of nitrogens with one attached hydrogen (secondary N) is 1. The zero-order valence-corrected chi connectivity index (χ0v) is 22.8.